The molecular formula is C13H19ClFN. The van der Waals surface area contributed by atoms with Crippen molar-refractivity contribution in [2.45, 2.75) is 39.2 Å². The van der Waals surface area contributed by atoms with Gasteiger partial charge in [0.25, 0.3) is 0 Å². The van der Waals surface area contributed by atoms with Crippen molar-refractivity contribution in [1.82, 2.24) is 0 Å². The molecule has 2 unspecified atom stereocenters. The van der Waals surface area contributed by atoms with Gasteiger partial charge in [0.2, 0.25) is 0 Å². The second-order valence-corrected chi connectivity index (χ2v) is 5.15. The first-order valence-corrected chi connectivity index (χ1v) is 5.97. The first kappa shape index (κ1) is 13.5. The van der Waals surface area contributed by atoms with Crippen LogP contribution in [-0.2, 0) is 6.42 Å². The maximum atomic E-state index is 13.3. The molecule has 0 spiro atoms. The minimum atomic E-state index is -0.376. The van der Waals surface area contributed by atoms with E-state index in [1.807, 2.05) is 13.0 Å². The van der Waals surface area contributed by atoms with Crippen molar-refractivity contribution in [3.05, 3.63) is 34.6 Å². The van der Waals surface area contributed by atoms with Crippen LogP contribution in [0.5, 0.6) is 0 Å². The minimum absolute atomic E-state index is 0.158. The summed E-state index contributed by atoms with van der Waals surface area (Å²) >= 11 is 5.64. The molecule has 0 radical (unpaired) electrons. The summed E-state index contributed by atoms with van der Waals surface area (Å²) in [6.07, 6.45) is 1.68. The third-order valence-electron chi connectivity index (χ3n) is 3.31. The molecule has 1 aromatic carbocycles. The second-order valence-electron chi connectivity index (χ2n) is 4.74. The lowest BCUT2D eigenvalue weighted by atomic mass is 9.81. The summed E-state index contributed by atoms with van der Waals surface area (Å²) in [5, 5.41) is 0.158. The molecule has 0 aliphatic carbocycles. The van der Waals surface area contributed by atoms with Crippen LogP contribution in [0, 0.1) is 11.7 Å². The smallest absolute Gasteiger partial charge is 0.142 e. The molecule has 0 aliphatic rings. The zero-order chi connectivity index (χ0) is 12.3. The van der Waals surface area contributed by atoms with Crippen LogP contribution in [0.25, 0.3) is 0 Å². The maximum Gasteiger partial charge on any atom is 0.142 e. The van der Waals surface area contributed by atoms with Gasteiger partial charge < -0.3 is 5.73 Å². The molecule has 16 heavy (non-hydrogen) atoms. The standard InChI is InChI=1S/C13H19ClFN/c1-4-9(2)13(3,16)8-10-5-6-11(14)12(15)7-10/h5-7,9H,4,8,16H2,1-3H3. The Bertz CT molecular complexity index is 363. The van der Waals surface area contributed by atoms with E-state index in [0.717, 1.165) is 12.0 Å². The van der Waals surface area contributed by atoms with Crippen molar-refractivity contribution in [3.63, 3.8) is 0 Å². The first-order chi connectivity index (χ1) is 7.36. The van der Waals surface area contributed by atoms with Gasteiger partial charge in [0.1, 0.15) is 5.82 Å². The molecule has 0 aromatic heterocycles. The van der Waals surface area contributed by atoms with E-state index in [0.29, 0.717) is 12.3 Å². The van der Waals surface area contributed by atoms with Gasteiger partial charge in [0.05, 0.1) is 5.02 Å². The highest BCUT2D eigenvalue weighted by molar-refractivity contribution is 6.30. The monoisotopic (exact) mass is 243 g/mol. The Morgan fingerprint density at radius 2 is 2.12 bits per heavy atom. The number of nitrogens with two attached hydrogens (primary N) is 1. The lowest BCUT2D eigenvalue weighted by Crippen LogP contribution is -2.44. The van der Waals surface area contributed by atoms with E-state index < -0.39 is 0 Å². The molecule has 3 heteroatoms. The molecule has 1 nitrogen and oxygen atoms in total. The zero-order valence-electron chi connectivity index (χ0n) is 10.1. The van der Waals surface area contributed by atoms with Crippen LogP contribution in [0.2, 0.25) is 5.02 Å². The SMILES string of the molecule is CCC(C)C(C)(N)Cc1ccc(Cl)c(F)c1. The Kier molecular flexibility index (Phi) is 4.34. The second kappa shape index (κ2) is 5.15. The molecule has 0 bridgehead atoms. The molecule has 1 aromatic rings. The summed E-state index contributed by atoms with van der Waals surface area (Å²) in [6, 6.07) is 4.88. The molecular weight excluding hydrogens is 225 g/mol. The van der Waals surface area contributed by atoms with E-state index in [4.69, 9.17) is 17.3 Å². The summed E-state index contributed by atoms with van der Waals surface area (Å²) in [4.78, 5) is 0. The Labute approximate surface area is 102 Å². The van der Waals surface area contributed by atoms with Gasteiger partial charge in [-0.25, -0.2) is 4.39 Å². The van der Waals surface area contributed by atoms with Gasteiger partial charge >= 0.3 is 0 Å². The van der Waals surface area contributed by atoms with Crippen LogP contribution in [0.1, 0.15) is 32.8 Å². The topological polar surface area (TPSA) is 26.0 Å². The number of hydrogen-bond donors (Lipinski definition) is 1. The predicted octanol–water partition coefficient (Wildman–Crippen LogP) is 3.79. The summed E-state index contributed by atoms with van der Waals surface area (Å²) < 4.78 is 13.3. The molecule has 1 rings (SSSR count). The highest BCUT2D eigenvalue weighted by Gasteiger charge is 2.25. The van der Waals surface area contributed by atoms with E-state index in [-0.39, 0.29) is 16.4 Å². The summed E-state index contributed by atoms with van der Waals surface area (Å²) in [7, 11) is 0. The highest BCUT2D eigenvalue weighted by Crippen LogP contribution is 2.24. The van der Waals surface area contributed by atoms with Crippen molar-refractivity contribution in [2.24, 2.45) is 11.7 Å². The van der Waals surface area contributed by atoms with Gasteiger partial charge in [-0.1, -0.05) is 37.9 Å². The van der Waals surface area contributed by atoms with Crippen LogP contribution in [-0.4, -0.2) is 5.54 Å². The molecule has 0 saturated carbocycles. The first-order valence-electron chi connectivity index (χ1n) is 5.59. The fourth-order valence-electron chi connectivity index (χ4n) is 1.73. The number of halogens is 2. The van der Waals surface area contributed by atoms with E-state index >= 15 is 0 Å². The summed E-state index contributed by atoms with van der Waals surface area (Å²) in [5.74, 6) is 0.0188. The molecule has 90 valence electrons. The normalized spacial score (nSPS) is 16.9. The Morgan fingerprint density at radius 1 is 1.50 bits per heavy atom. The highest BCUT2D eigenvalue weighted by atomic mass is 35.5. The van der Waals surface area contributed by atoms with Gasteiger partial charge in [0, 0.05) is 5.54 Å². The van der Waals surface area contributed by atoms with Crippen LogP contribution < -0.4 is 5.73 Å². The molecule has 0 heterocycles. The number of benzene rings is 1. The Morgan fingerprint density at radius 3 is 2.62 bits per heavy atom. The van der Waals surface area contributed by atoms with E-state index in [1.165, 1.54) is 6.07 Å². The van der Waals surface area contributed by atoms with Gasteiger partial charge in [-0.2, -0.15) is 0 Å². The van der Waals surface area contributed by atoms with Crippen LogP contribution >= 0.6 is 11.6 Å². The van der Waals surface area contributed by atoms with Crippen LogP contribution in [0.15, 0.2) is 18.2 Å². The van der Waals surface area contributed by atoms with E-state index in [9.17, 15) is 4.39 Å². The Balaban J connectivity index is 2.84. The Hall–Kier alpha value is -0.600. The predicted molar refractivity (Wildman–Crippen MR) is 67.2 cm³/mol. The number of hydrogen-bond acceptors (Lipinski definition) is 1. The van der Waals surface area contributed by atoms with Crippen molar-refractivity contribution in [3.8, 4) is 0 Å². The van der Waals surface area contributed by atoms with Crippen molar-refractivity contribution in [1.29, 1.82) is 0 Å². The van der Waals surface area contributed by atoms with Gasteiger partial charge in [0.15, 0.2) is 0 Å². The van der Waals surface area contributed by atoms with Gasteiger partial charge in [-0.3, -0.25) is 0 Å². The number of rotatable bonds is 4. The van der Waals surface area contributed by atoms with Crippen LogP contribution in [0.4, 0.5) is 4.39 Å². The molecule has 2 N–H and O–H groups in total. The maximum absolute atomic E-state index is 13.3. The fraction of sp³-hybridized carbons (Fsp3) is 0.538. The van der Waals surface area contributed by atoms with E-state index in [2.05, 4.69) is 13.8 Å². The molecule has 0 aliphatic heterocycles. The quantitative estimate of drug-likeness (QED) is 0.856. The van der Waals surface area contributed by atoms with Gasteiger partial charge in [-0.05, 0) is 37.0 Å². The third-order valence-corrected chi connectivity index (χ3v) is 3.61. The summed E-state index contributed by atoms with van der Waals surface area (Å²) in [6.45, 7) is 6.23. The fourth-order valence-corrected chi connectivity index (χ4v) is 1.85. The average molecular weight is 244 g/mol. The van der Waals surface area contributed by atoms with Crippen molar-refractivity contribution >= 4 is 11.6 Å². The third kappa shape index (κ3) is 3.19. The average Bonchev–Trinajstić information content (AvgIpc) is 2.22. The van der Waals surface area contributed by atoms with E-state index in [1.54, 1.807) is 6.07 Å². The molecule has 0 saturated heterocycles. The van der Waals surface area contributed by atoms with Gasteiger partial charge in [-0.15, -0.1) is 0 Å². The molecule has 0 amide bonds. The largest absolute Gasteiger partial charge is 0.325 e. The zero-order valence-corrected chi connectivity index (χ0v) is 10.8. The molecule has 2 atom stereocenters. The molecule has 0 fully saturated rings. The van der Waals surface area contributed by atoms with Crippen LogP contribution in [0.3, 0.4) is 0 Å². The van der Waals surface area contributed by atoms with Crippen molar-refractivity contribution in [2.75, 3.05) is 0 Å². The lowest BCUT2D eigenvalue weighted by molar-refractivity contribution is 0.306. The lowest BCUT2D eigenvalue weighted by Gasteiger charge is -2.31. The minimum Gasteiger partial charge on any atom is -0.325 e. The summed E-state index contributed by atoms with van der Waals surface area (Å²) in [5.41, 5.74) is 6.82. The van der Waals surface area contributed by atoms with Crippen molar-refractivity contribution < 1.29 is 4.39 Å².